The van der Waals surface area contributed by atoms with Crippen LogP contribution in [0.15, 0.2) is 24.3 Å². The van der Waals surface area contributed by atoms with Gasteiger partial charge >= 0.3 is 0 Å². The third-order valence-corrected chi connectivity index (χ3v) is 3.84. The Balaban J connectivity index is 2.07. The number of anilines is 1. The van der Waals surface area contributed by atoms with Gasteiger partial charge in [0, 0.05) is 6.54 Å². The number of hydrogen-bond acceptors (Lipinski definition) is 5. The molecule has 0 saturated carbocycles. The summed E-state index contributed by atoms with van der Waals surface area (Å²) in [4.78, 5) is 2.02. The van der Waals surface area contributed by atoms with Crippen LogP contribution in [0.1, 0.15) is 6.42 Å². The van der Waals surface area contributed by atoms with Gasteiger partial charge in [0.05, 0.1) is 24.6 Å². The highest BCUT2D eigenvalue weighted by molar-refractivity contribution is 7.89. The summed E-state index contributed by atoms with van der Waals surface area (Å²) in [5.74, 6) is 0.666. The van der Waals surface area contributed by atoms with Crippen molar-refractivity contribution in [1.82, 2.24) is 0 Å². The molecule has 1 unspecified atom stereocenters. The van der Waals surface area contributed by atoms with Gasteiger partial charge in [0.15, 0.2) is 0 Å². The SMILES string of the molecule is NS(=O)(=O)CCCN1CC(CO)Oc2ccccc21. The van der Waals surface area contributed by atoms with E-state index < -0.39 is 10.0 Å². The van der Waals surface area contributed by atoms with Crippen molar-refractivity contribution < 1.29 is 18.3 Å². The highest BCUT2D eigenvalue weighted by Crippen LogP contribution is 2.32. The first kappa shape index (κ1) is 14.1. The maximum Gasteiger partial charge on any atom is 0.209 e. The molecular weight excluding hydrogens is 268 g/mol. The Morgan fingerprint density at radius 3 is 2.84 bits per heavy atom. The number of sulfonamides is 1. The van der Waals surface area contributed by atoms with E-state index in [9.17, 15) is 13.5 Å². The molecule has 3 N–H and O–H groups in total. The fourth-order valence-electron chi connectivity index (χ4n) is 2.14. The molecule has 0 aromatic heterocycles. The fourth-order valence-corrected chi connectivity index (χ4v) is 2.67. The van der Waals surface area contributed by atoms with Crippen LogP contribution in [-0.2, 0) is 10.0 Å². The molecule has 0 fully saturated rings. The molecule has 1 aromatic carbocycles. The monoisotopic (exact) mass is 286 g/mol. The number of aliphatic hydroxyl groups excluding tert-OH is 1. The predicted molar refractivity (Wildman–Crippen MR) is 72.7 cm³/mol. The summed E-state index contributed by atoms with van der Waals surface area (Å²) in [6, 6.07) is 7.51. The van der Waals surface area contributed by atoms with Crippen molar-refractivity contribution in [3.05, 3.63) is 24.3 Å². The summed E-state index contributed by atoms with van der Waals surface area (Å²) in [6.07, 6.45) is 0.162. The molecule has 0 bridgehead atoms. The van der Waals surface area contributed by atoms with Crippen LogP contribution in [0, 0.1) is 0 Å². The lowest BCUT2D eigenvalue weighted by molar-refractivity contribution is 0.112. The summed E-state index contributed by atoms with van der Waals surface area (Å²) in [6.45, 7) is 1.03. The molecule has 7 heteroatoms. The quantitative estimate of drug-likeness (QED) is 0.790. The molecule has 1 atom stereocenters. The van der Waals surface area contributed by atoms with Crippen LogP contribution in [0.4, 0.5) is 5.69 Å². The van der Waals surface area contributed by atoms with Crippen molar-refractivity contribution in [2.75, 3.05) is 30.3 Å². The molecule has 1 heterocycles. The topological polar surface area (TPSA) is 92.9 Å². The van der Waals surface area contributed by atoms with E-state index >= 15 is 0 Å². The van der Waals surface area contributed by atoms with Gasteiger partial charge in [-0.05, 0) is 18.6 Å². The molecule has 19 heavy (non-hydrogen) atoms. The van der Waals surface area contributed by atoms with Gasteiger partial charge in [-0.1, -0.05) is 12.1 Å². The number of hydrogen-bond donors (Lipinski definition) is 2. The van der Waals surface area contributed by atoms with Gasteiger partial charge in [0.25, 0.3) is 0 Å². The van der Waals surface area contributed by atoms with E-state index in [0.29, 0.717) is 25.3 Å². The molecule has 106 valence electrons. The van der Waals surface area contributed by atoms with Crippen LogP contribution in [0.2, 0.25) is 0 Å². The molecule has 0 spiro atoms. The minimum atomic E-state index is -3.43. The van der Waals surface area contributed by atoms with Gasteiger partial charge < -0.3 is 14.7 Å². The second kappa shape index (κ2) is 5.77. The van der Waals surface area contributed by atoms with E-state index in [1.807, 2.05) is 29.2 Å². The Bertz CT molecular complexity index is 532. The Morgan fingerprint density at radius 2 is 2.16 bits per heavy atom. The van der Waals surface area contributed by atoms with Crippen LogP contribution < -0.4 is 14.8 Å². The highest BCUT2D eigenvalue weighted by Gasteiger charge is 2.24. The molecule has 0 saturated heterocycles. The number of ether oxygens (including phenoxy) is 1. The van der Waals surface area contributed by atoms with E-state index in [1.165, 1.54) is 0 Å². The average molecular weight is 286 g/mol. The van der Waals surface area contributed by atoms with Gasteiger partial charge in [-0.2, -0.15) is 0 Å². The first-order chi connectivity index (χ1) is 8.99. The van der Waals surface area contributed by atoms with Crippen LogP contribution in [-0.4, -0.2) is 45.1 Å². The first-order valence-electron chi connectivity index (χ1n) is 6.11. The van der Waals surface area contributed by atoms with E-state index in [2.05, 4.69) is 0 Å². The zero-order chi connectivity index (χ0) is 13.9. The summed E-state index contributed by atoms with van der Waals surface area (Å²) in [5, 5.41) is 14.2. The lowest BCUT2D eigenvalue weighted by Crippen LogP contribution is -2.42. The zero-order valence-corrected chi connectivity index (χ0v) is 11.3. The lowest BCUT2D eigenvalue weighted by atomic mass is 10.2. The molecule has 6 nitrogen and oxygen atoms in total. The molecule has 2 rings (SSSR count). The van der Waals surface area contributed by atoms with E-state index in [1.54, 1.807) is 0 Å². The largest absolute Gasteiger partial charge is 0.484 e. The first-order valence-corrected chi connectivity index (χ1v) is 7.83. The number of nitrogens with two attached hydrogens (primary N) is 1. The van der Waals surface area contributed by atoms with Gasteiger partial charge in [0.1, 0.15) is 11.9 Å². The van der Waals surface area contributed by atoms with E-state index in [-0.39, 0.29) is 18.5 Å². The number of aliphatic hydroxyl groups is 1. The van der Waals surface area contributed by atoms with Gasteiger partial charge in [-0.3, -0.25) is 0 Å². The Labute approximate surface area is 112 Å². The summed E-state index contributed by atoms with van der Waals surface area (Å²) in [5.41, 5.74) is 0.918. The third kappa shape index (κ3) is 3.82. The van der Waals surface area contributed by atoms with Crippen molar-refractivity contribution in [2.45, 2.75) is 12.5 Å². The Morgan fingerprint density at radius 1 is 1.42 bits per heavy atom. The third-order valence-electron chi connectivity index (χ3n) is 2.98. The van der Waals surface area contributed by atoms with Crippen molar-refractivity contribution in [1.29, 1.82) is 0 Å². The summed E-state index contributed by atoms with van der Waals surface area (Å²) < 4.78 is 27.5. The van der Waals surface area contributed by atoms with Crippen LogP contribution in [0.5, 0.6) is 5.75 Å². The van der Waals surface area contributed by atoms with Crippen LogP contribution >= 0.6 is 0 Å². The molecule has 0 amide bonds. The fraction of sp³-hybridized carbons (Fsp3) is 0.500. The van der Waals surface area contributed by atoms with Crippen molar-refractivity contribution in [3.8, 4) is 5.75 Å². The molecule has 1 aliphatic rings. The number of nitrogens with zero attached hydrogens (tertiary/aromatic N) is 1. The van der Waals surface area contributed by atoms with Gasteiger partial charge in [0.2, 0.25) is 10.0 Å². The smallest absolute Gasteiger partial charge is 0.209 e. The molecule has 1 aromatic rings. The number of fused-ring (bicyclic) bond motifs is 1. The Kier molecular flexibility index (Phi) is 4.28. The number of para-hydroxylation sites is 2. The summed E-state index contributed by atoms with van der Waals surface area (Å²) in [7, 11) is -3.43. The number of primary sulfonamides is 1. The van der Waals surface area contributed by atoms with Crippen molar-refractivity contribution >= 4 is 15.7 Å². The standard InChI is InChI=1S/C12H18N2O4S/c13-19(16,17)7-3-6-14-8-10(9-15)18-12-5-2-1-4-11(12)14/h1-2,4-5,10,15H,3,6-9H2,(H2,13,16,17). The zero-order valence-electron chi connectivity index (χ0n) is 10.5. The highest BCUT2D eigenvalue weighted by atomic mass is 32.2. The maximum atomic E-state index is 10.9. The minimum absolute atomic E-state index is 0.0453. The second-order valence-corrected chi connectivity index (χ2v) is 6.29. The van der Waals surface area contributed by atoms with Crippen molar-refractivity contribution in [2.24, 2.45) is 5.14 Å². The number of rotatable bonds is 5. The van der Waals surface area contributed by atoms with Crippen molar-refractivity contribution in [3.63, 3.8) is 0 Å². The van der Waals surface area contributed by atoms with E-state index in [4.69, 9.17) is 9.88 Å². The molecular formula is C12H18N2O4S. The Hall–Kier alpha value is -1.31. The van der Waals surface area contributed by atoms with Gasteiger partial charge in [-0.25, -0.2) is 13.6 Å². The molecule has 0 radical (unpaired) electrons. The van der Waals surface area contributed by atoms with Crippen LogP contribution in [0.3, 0.4) is 0 Å². The maximum absolute atomic E-state index is 10.9. The normalized spacial score (nSPS) is 18.8. The minimum Gasteiger partial charge on any atom is -0.484 e. The predicted octanol–water partition coefficient (Wildman–Crippen LogP) is -0.0751. The molecule has 1 aliphatic heterocycles. The lowest BCUT2D eigenvalue weighted by Gasteiger charge is -2.35. The summed E-state index contributed by atoms with van der Waals surface area (Å²) >= 11 is 0. The van der Waals surface area contributed by atoms with Gasteiger partial charge in [-0.15, -0.1) is 0 Å². The average Bonchev–Trinajstić information content (AvgIpc) is 2.37. The van der Waals surface area contributed by atoms with Crippen LogP contribution in [0.25, 0.3) is 0 Å². The van der Waals surface area contributed by atoms with E-state index in [0.717, 1.165) is 5.69 Å². The number of benzene rings is 1. The second-order valence-electron chi connectivity index (χ2n) is 4.56. The molecule has 0 aliphatic carbocycles.